The molecule has 8 heteroatoms. The number of thiophene rings is 1. The Hall–Kier alpha value is -3.78. The molecular weight excluding hydrogens is 372 g/mol. The first kappa shape index (κ1) is 16.4. The van der Waals surface area contributed by atoms with Gasteiger partial charge in [0.25, 0.3) is 0 Å². The van der Waals surface area contributed by atoms with E-state index in [-0.39, 0.29) is 0 Å². The molecule has 136 valence electrons. The van der Waals surface area contributed by atoms with Crippen molar-refractivity contribution in [2.75, 3.05) is 5.32 Å². The van der Waals surface area contributed by atoms with Crippen LogP contribution >= 0.6 is 11.3 Å². The van der Waals surface area contributed by atoms with Gasteiger partial charge >= 0.3 is 0 Å². The van der Waals surface area contributed by atoms with E-state index in [0.717, 1.165) is 32.2 Å². The van der Waals surface area contributed by atoms with Gasteiger partial charge in [-0.25, -0.2) is 4.98 Å². The second kappa shape index (κ2) is 6.43. The van der Waals surface area contributed by atoms with Crippen LogP contribution in [-0.4, -0.2) is 26.1 Å². The van der Waals surface area contributed by atoms with Crippen LogP contribution in [0.5, 0.6) is 0 Å². The van der Waals surface area contributed by atoms with Gasteiger partial charge in [-0.1, -0.05) is 18.2 Å². The average Bonchev–Trinajstić information content (AvgIpc) is 3.40. The molecule has 0 bridgehead atoms. The van der Waals surface area contributed by atoms with Gasteiger partial charge in [0.05, 0.1) is 5.52 Å². The molecule has 0 aliphatic carbocycles. The van der Waals surface area contributed by atoms with Crippen LogP contribution < -0.4 is 11.1 Å². The van der Waals surface area contributed by atoms with Crippen LogP contribution in [0.15, 0.2) is 60.2 Å². The number of para-hydroxylation sites is 1. The van der Waals surface area contributed by atoms with Crippen molar-refractivity contribution in [3.8, 4) is 11.4 Å². The van der Waals surface area contributed by atoms with Crippen molar-refractivity contribution in [1.82, 2.24) is 20.2 Å². The van der Waals surface area contributed by atoms with E-state index in [0.29, 0.717) is 17.2 Å². The minimum Gasteiger partial charge on any atom is -0.366 e. The number of aromatic amines is 1. The van der Waals surface area contributed by atoms with Crippen LogP contribution in [0.1, 0.15) is 10.4 Å². The molecular formula is C20H14N6OS. The Morgan fingerprint density at radius 3 is 2.82 bits per heavy atom. The predicted molar refractivity (Wildman–Crippen MR) is 111 cm³/mol. The molecule has 2 aromatic carbocycles. The topological polar surface area (TPSA) is 110 Å². The van der Waals surface area contributed by atoms with Gasteiger partial charge in [-0.2, -0.15) is 0 Å². The van der Waals surface area contributed by atoms with E-state index in [9.17, 15) is 4.79 Å². The number of hydrogen-bond acceptors (Lipinski definition) is 6. The zero-order valence-electron chi connectivity index (χ0n) is 14.5. The number of benzene rings is 2. The highest BCUT2D eigenvalue weighted by Crippen LogP contribution is 2.37. The Bertz CT molecular complexity index is 1330. The van der Waals surface area contributed by atoms with E-state index in [4.69, 9.17) is 10.7 Å². The quantitative estimate of drug-likeness (QED) is 0.431. The number of primary amides is 1. The van der Waals surface area contributed by atoms with E-state index < -0.39 is 5.91 Å². The summed E-state index contributed by atoms with van der Waals surface area (Å²) in [5.74, 6) is 0.899. The monoisotopic (exact) mass is 386 g/mol. The van der Waals surface area contributed by atoms with Gasteiger partial charge in [0.1, 0.15) is 12.1 Å². The lowest BCUT2D eigenvalue weighted by Gasteiger charge is -2.11. The van der Waals surface area contributed by atoms with Crippen molar-refractivity contribution in [2.24, 2.45) is 5.73 Å². The van der Waals surface area contributed by atoms with Gasteiger partial charge in [0, 0.05) is 32.3 Å². The standard InChI is InChI=1S/C20H14N6OS/c21-18(27)11-3-1-4-12(9-11)24-20-15-7-8-28-17(15)13-5-2-6-14(16(13)25-20)19-22-10-23-26-19/h1-10H,(H2,21,27)(H,24,25)(H,22,23,26). The third kappa shape index (κ3) is 2.67. The van der Waals surface area contributed by atoms with E-state index in [1.807, 2.05) is 29.6 Å². The fourth-order valence-electron chi connectivity index (χ4n) is 3.23. The maximum atomic E-state index is 11.5. The summed E-state index contributed by atoms with van der Waals surface area (Å²) in [5, 5.41) is 15.5. The molecule has 0 saturated carbocycles. The highest BCUT2D eigenvalue weighted by molar-refractivity contribution is 7.18. The van der Waals surface area contributed by atoms with E-state index in [2.05, 4.69) is 26.6 Å². The molecule has 0 atom stereocenters. The van der Waals surface area contributed by atoms with Crippen molar-refractivity contribution < 1.29 is 4.79 Å². The normalized spacial score (nSPS) is 11.1. The smallest absolute Gasteiger partial charge is 0.248 e. The summed E-state index contributed by atoms with van der Waals surface area (Å²) in [4.78, 5) is 19.4. The number of nitrogens with one attached hydrogen (secondary N) is 2. The first-order valence-corrected chi connectivity index (χ1v) is 9.42. The lowest BCUT2D eigenvalue weighted by Crippen LogP contribution is -2.10. The molecule has 5 rings (SSSR count). The second-order valence-corrected chi connectivity index (χ2v) is 7.15. The number of H-pyrrole nitrogens is 1. The largest absolute Gasteiger partial charge is 0.366 e. The summed E-state index contributed by atoms with van der Waals surface area (Å²) in [6.07, 6.45) is 1.55. The zero-order valence-corrected chi connectivity index (χ0v) is 15.3. The molecule has 3 aromatic heterocycles. The molecule has 0 fully saturated rings. The Balaban J connectivity index is 1.72. The van der Waals surface area contributed by atoms with Crippen LogP contribution in [0, 0.1) is 0 Å². The molecule has 0 spiro atoms. The van der Waals surface area contributed by atoms with Crippen molar-refractivity contribution in [2.45, 2.75) is 0 Å². The maximum Gasteiger partial charge on any atom is 0.248 e. The summed E-state index contributed by atoms with van der Waals surface area (Å²) in [6, 6.07) is 15.1. The van der Waals surface area contributed by atoms with Crippen molar-refractivity contribution in [3.63, 3.8) is 0 Å². The molecule has 7 nitrogen and oxygen atoms in total. The SMILES string of the molecule is NC(=O)c1cccc(Nc2nc3c(-c4nnc[nH]4)cccc3c3sccc23)c1. The predicted octanol–water partition coefficient (Wildman–Crippen LogP) is 4.08. The highest BCUT2D eigenvalue weighted by atomic mass is 32.1. The summed E-state index contributed by atoms with van der Waals surface area (Å²) in [7, 11) is 0. The molecule has 5 aromatic rings. The lowest BCUT2D eigenvalue weighted by molar-refractivity contribution is 0.100. The molecule has 28 heavy (non-hydrogen) atoms. The first-order valence-electron chi connectivity index (χ1n) is 8.54. The van der Waals surface area contributed by atoms with Crippen LogP contribution in [0.4, 0.5) is 11.5 Å². The minimum atomic E-state index is -0.469. The van der Waals surface area contributed by atoms with Gasteiger partial charge in [-0.05, 0) is 35.7 Å². The Labute approximate surface area is 163 Å². The molecule has 0 aliphatic rings. The molecule has 3 heterocycles. The third-order valence-electron chi connectivity index (χ3n) is 4.51. The number of fused-ring (bicyclic) bond motifs is 3. The number of nitrogens with two attached hydrogens (primary N) is 1. The second-order valence-electron chi connectivity index (χ2n) is 6.23. The Morgan fingerprint density at radius 2 is 2.00 bits per heavy atom. The summed E-state index contributed by atoms with van der Waals surface area (Å²) < 4.78 is 1.12. The highest BCUT2D eigenvalue weighted by Gasteiger charge is 2.15. The number of hydrogen-bond donors (Lipinski definition) is 3. The van der Waals surface area contributed by atoms with Crippen LogP contribution in [-0.2, 0) is 0 Å². The molecule has 0 unspecified atom stereocenters. The lowest BCUT2D eigenvalue weighted by atomic mass is 10.1. The number of amides is 1. The number of anilines is 2. The van der Waals surface area contributed by atoms with Crippen molar-refractivity contribution in [3.05, 3.63) is 65.8 Å². The maximum absolute atomic E-state index is 11.5. The summed E-state index contributed by atoms with van der Waals surface area (Å²) in [6.45, 7) is 0. The Morgan fingerprint density at radius 1 is 1.11 bits per heavy atom. The van der Waals surface area contributed by atoms with Crippen molar-refractivity contribution in [1.29, 1.82) is 0 Å². The number of carbonyl (C=O) groups excluding carboxylic acids is 1. The first-order chi connectivity index (χ1) is 13.7. The molecule has 4 N–H and O–H groups in total. The third-order valence-corrected chi connectivity index (χ3v) is 5.45. The average molecular weight is 386 g/mol. The molecule has 0 radical (unpaired) electrons. The summed E-state index contributed by atoms with van der Waals surface area (Å²) >= 11 is 1.66. The van der Waals surface area contributed by atoms with Gasteiger partial charge in [0.2, 0.25) is 5.91 Å². The fourth-order valence-corrected chi connectivity index (χ4v) is 4.16. The van der Waals surface area contributed by atoms with E-state index >= 15 is 0 Å². The number of carbonyl (C=O) groups is 1. The molecule has 0 aliphatic heterocycles. The zero-order chi connectivity index (χ0) is 19.1. The number of rotatable bonds is 4. The molecule has 0 saturated heterocycles. The van der Waals surface area contributed by atoms with Gasteiger partial charge in [0.15, 0.2) is 5.82 Å². The molecule has 1 amide bonds. The van der Waals surface area contributed by atoms with Gasteiger partial charge < -0.3 is 16.0 Å². The van der Waals surface area contributed by atoms with Crippen LogP contribution in [0.2, 0.25) is 0 Å². The van der Waals surface area contributed by atoms with Gasteiger partial charge in [-0.15, -0.1) is 21.5 Å². The van der Waals surface area contributed by atoms with Gasteiger partial charge in [-0.3, -0.25) is 4.79 Å². The Kier molecular flexibility index (Phi) is 3.77. The van der Waals surface area contributed by atoms with Crippen LogP contribution in [0.3, 0.4) is 0 Å². The van der Waals surface area contributed by atoms with E-state index in [1.165, 1.54) is 0 Å². The van der Waals surface area contributed by atoms with Crippen molar-refractivity contribution >= 4 is 49.7 Å². The number of aromatic nitrogens is 4. The number of nitrogens with zero attached hydrogens (tertiary/aromatic N) is 3. The fraction of sp³-hybridized carbons (Fsp3) is 0. The minimum absolute atomic E-state index is 0.440. The van der Waals surface area contributed by atoms with E-state index in [1.54, 1.807) is 35.9 Å². The summed E-state index contributed by atoms with van der Waals surface area (Å²) in [5.41, 5.74) is 8.28. The van der Waals surface area contributed by atoms with Crippen LogP contribution in [0.25, 0.3) is 32.4 Å². The number of pyridine rings is 1.